The van der Waals surface area contributed by atoms with Gasteiger partial charge in [0.1, 0.15) is 5.82 Å². The van der Waals surface area contributed by atoms with E-state index in [4.69, 9.17) is 0 Å². The van der Waals surface area contributed by atoms with Gasteiger partial charge >= 0.3 is 0 Å². The van der Waals surface area contributed by atoms with Crippen LogP contribution in [-0.4, -0.2) is 11.8 Å². The van der Waals surface area contributed by atoms with Crippen LogP contribution in [0, 0.1) is 12.7 Å². The molecular formula is C29H23FN2O2. The Hall–Kier alpha value is -4.25. The van der Waals surface area contributed by atoms with Crippen molar-refractivity contribution in [3.63, 3.8) is 0 Å². The minimum Gasteiger partial charge on any atom is -0.322 e. The number of hydrogen-bond donors (Lipinski definition) is 1. The van der Waals surface area contributed by atoms with E-state index >= 15 is 0 Å². The van der Waals surface area contributed by atoms with E-state index in [-0.39, 0.29) is 11.5 Å². The lowest BCUT2D eigenvalue weighted by Crippen LogP contribution is -2.30. The summed E-state index contributed by atoms with van der Waals surface area (Å²) in [6.07, 6.45) is 0.778. The largest absolute Gasteiger partial charge is 0.322 e. The average Bonchev–Trinajstić information content (AvgIpc) is 3.02. The quantitative estimate of drug-likeness (QED) is 0.408. The summed E-state index contributed by atoms with van der Waals surface area (Å²) in [5.74, 6) is -0.965. The first-order valence-corrected chi connectivity index (χ1v) is 11.1. The van der Waals surface area contributed by atoms with Crippen LogP contribution in [0.2, 0.25) is 0 Å². The number of para-hydroxylation sites is 1. The van der Waals surface area contributed by atoms with E-state index in [0.717, 1.165) is 23.2 Å². The van der Waals surface area contributed by atoms with Crippen molar-refractivity contribution in [1.29, 1.82) is 0 Å². The highest BCUT2D eigenvalue weighted by Gasteiger charge is 2.24. The van der Waals surface area contributed by atoms with Gasteiger partial charge in [0.2, 0.25) is 0 Å². The first-order chi connectivity index (χ1) is 16.5. The van der Waals surface area contributed by atoms with E-state index in [9.17, 15) is 14.0 Å². The van der Waals surface area contributed by atoms with Crippen molar-refractivity contribution in [1.82, 2.24) is 0 Å². The maximum absolute atomic E-state index is 13.6. The van der Waals surface area contributed by atoms with Gasteiger partial charge in [-0.1, -0.05) is 48.5 Å². The zero-order valence-electron chi connectivity index (χ0n) is 18.7. The molecule has 0 saturated heterocycles. The van der Waals surface area contributed by atoms with E-state index in [2.05, 4.69) is 23.5 Å². The zero-order valence-corrected chi connectivity index (χ0v) is 18.7. The number of amides is 2. The molecule has 4 nitrogen and oxygen atoms in total. The number of aryl methyl sites for hydroxylation is 1. The van der Waals surface area contributed by atoms with Crippen molar-refractivity contribution in [3.8, 4) is 0 Å². The first-order valence-electron chi connectivity index (χ1n) is 11.1. The molecule has 0 atom stereocenters. The van der Waals surface area contributed by atoms with Gasteiger partial charge in [-0.05, 0) is 78.1 Å². The molecule has 1 aliphatic rings. The highest BCUT2D eigenvalue weighted by molar-refractivity contribution is 6.08. The van der Waals surface area contributed by atoms with E-state index < -0.39 is 11.7 Å². The lowest BCUT2D eigenvalue weighted by molar-refractivity contribution is 0.0984. The van der Waals surface area contributed by atoms with Gasteiger partial charge in [0.05, 0.1) is 6.54 Å². The number of anilines is 2. The summed E-state index contributed by atoms with van der Waals surface area (Å²) in [6, 6.07) is 27.1. The number of rotatable bonds is 3. The second kappa shape index (κ2) is 8.94. The van der Waals surface area contributed by atoms with Crippen LogP contribution in [0.3, 0.4) is 0 Å². The Bertz CT molecular complexity index is 1400. The van der Waals surface area contributed by atoms with Gasteiger partial charge in [0, 0.05) is 22.5 Å². The molecule has 4 aromatic carbocycles. The van der Waals surface area contributed by atoms with Crippen molar-refractivity contribution in [3.05, 3.63) is 130 Å². The molecule has 5 rings (SSSR count). The summed E-state index contributed by atoms with van der Waals surface area (Å²) in [6.45, 7) is 2.25. The Labute approximate surface area is 197 Å². The maximum Gasteiger partial charge on any atom is 0.258 e. The van der Waals surface area contributed by atoms with E-state index in [0.29, 0.717) is 23.4 Å². The second-order valence-corrected chi connectivity index (χ2v) is 8.46. The summed E-state index contributed by atoms with van der Waals surface area (Å²) in [5.41, 5.74) is 6.38. The molecule has 0 spiro atoms. The molecule has 4 aromatic rings. The van der Waals surface area contributed by atoms with Gasteiger partial charge in [0.25, 0.3) is 11.8 Å². The fourth-order valence-electron chi connectivity index (χ4n) is 4.34. The zero-order chi connectivity index (χ0) is 23.7. The van der Waals surface area contributed by atoms with E-state index in [1.807, 2.05) is 35.2 Å². The summed E-state index contributed by atoms with van der Waals surface area (Å²) in [4.78, 5) is 28.0. The smallest absolute Gasteiger partial charge is 0.258 e. The third kappa shape index (κ3) is 4.20. The molecule has 1 N–H and O–H groups in total. The average molecular weight is 451 g/mol. The van der Waals surface area contributed by atoms with Crippen molar-refractivity contribution in [2.75, 3.05) is 10.2 Å². The highest BCUT2D eigenvalue weighted by Crippen LogP contribution is 2.31. The summed E-state index contributed by atoms with van der Waals surface area (Å²) < 4.78 is 13.6. The van der Waals surface area contributed by atoms with Gasteiger partial charge in [-0.3, -0.25) is 9.59 Å². The Morgan fingerprint density at radius 3 is 2.26 bits per heavy atom. The third-order valence-corrected chi connectivity index (χ3v) is 6.19. The monoisotopic (exact) mass is 450 g/mol. The number of fused-ring (bicyclic) bond motifs is 2. The van der Waals surface area contributed by atoms with Crippen LogP contribution >= 0.6 is 0 Å². The van der Waals surface area contributed by atoms with Crippen LogP contribution < -0.4 is 10.2 Å². The third-order valence-electron chi connectivity index (χ3n) is 6.19. The summed E-state index contributed by atoms with van der Waals surface area (Å²) in [7, 11) is 0. The van der Waals surface area contributed by atoms with Crippen LogP contribution in [0.25, 0.3) is 0 Å². The molecule has 0 unspecified atom stereocenters. The number of carbonyl (C=O) groups is 2. The maximum atomic E-state index is 13.6. The lowest BCUT2D eigenvalue weighted by Gasteiger charge is -2.23. The van der Waals surface area contributed by atoms with Gasteiger partial charge in [0.15, 0.2) is 0 Å². The van der Waals surface area contributed by atoms with Gasteiger partial charge < -0.3 is 10.2 Å². The van der Waals surface area contributed by atoms with Crippen molar-refractivity contribution in [2.24, 2.45) is 0 Å². The lowest BCUT2D eigenvalue weighted by atomic mass is 10.0. The predicted octanol–water partition coefficient (Wildman–Crippen LogP) is 6.14. The van der Waals surface area contributed by atoms with Crippen molar-refractivity contribution in [2.45, 2.75) is 19.9 Å². The summed E-state index contributed by atoms with van der Waals surface area (Å²) >= 11 is 0. The fourth-order valence-corrected chi connectivity index (χ4v) is 4.34. The van der Waals surface area contributed by atoms with Crippen LogP contribution in [0.15, 0.2) is 91.0 Å². The fraction of sp³-hybridized carbons (Fsp3) is 0.103. The minimum absolute atomic E-state index is 0.108. The van der Waals surface area contributed by atoms with Crippen molar-refractivity contribution >= 4 is 23.2 Å². The predicted molar refractivity (Wildman–Crippen MR) is 132 cm³/mol. The Morgan fingerprint density at radius 2 is 1.50 bits per heavy atom. The SMILES string of the molecule is Cc1ccc(F)cc1C(=O)Nc1ccc(C(=O)N2Cc3ccccc3Cc3ccccc32)cc1. The van der Waals surface area contributed by atoms with Crippen LogP contribution in [-0.2, 0) is 13.0 Å². The molecular weight excluding hydrogens is 427 g/mol. The molecule has 0 aromatic heterocycles. The molecule has 34 heavy (non-hydrogen) atoms. The molecule has 5 heteroatoms. The van der Waals surface area contributed by atoms with E-state index in [1.54, 1.807) is 37.3 Å². The van der Waals surface area contributed by atoms with E-state index in [1.165, 1.54) is 17.7 Å². The molecule has 0 aliphatic carbocycles. The highest BCUT2D eigenvalue weighted by atomic mass is 19.1. The number of hydrogen-bond acceptors (Lipinski definition) is 2. The van der Waals surface area contributed by atoms with Gasteiger partial charge in [-0.15, -0.1) is 0 Å². The topological polar surface area (TPSA) is 49.4 Å². The molecule has 0 fully saturated rings. The molecule has 0 bridgehead atoms. The minimum atomic E-state index is -0.462. The molecule has 0 radical (unpaired) electrons. The summed E-state index contributed by atoms with van der Waals surface area (Å²) in [5, 5.41) is 2.78. The second-order valence-electron chi connectivity index (χ2n) is 8.46. The molecule has 168 valence electrons. The number of halogens is 1. The van der Waals surface area contributed by atoms with Crippen molar-refractivity contribution < 1.29 is 14.0 Å². The number of benzene rings is 4. The van der Waals surface area contributed by atoms with Gasteiger partial charge in [-0.25, -0.2) is 4.39 Å². The number of nitrogens with zero attached hydrogens (tertiary/aromatic N) is 1. The molecule has 2 amide bonds. The molecule has 1 heterocycles. The first kappa shape index (κ1) is 21.6. The van der Waals surface area contributed by atoms with Crippen LogP contribution in [0.4, 0.5) is 15.8 Å². The standard InChI is InChI=1S/C29H23FN2O2/c1-19-10-13-24(30)17-26(19)28(33)31-25-14-11-20(12-15-25)29(34)32-18-23-8-3-2-6-21(23)16-22-7-4-5-9-27(22)32/h2-15,17H,16,18H2,1H3,(H,31,33). The molecule has 0 saturated carbocycles. The van der Waals surface area contributed by atoms with Crippen LogP contribution in [0.1, 0.15) is 43.0 Å². The number of nitrogens with one attached hydrogen (secondary N) is 1. The molecule has 1 aliphatic heterocycles. The number of carbonyl (C=O) groups excluding carboxylic acids is 2. The Morgan fingerprint density at radius 1 is 0.824 bits per heavy atom. The Kier molecular flexibility index (Phi) is 5.68. The Balaban J connectivity index is 1.40. The van der Waals surface area contributed by atoms with Gasteiger partial charge in [-0.2, -0.15) is 0 Å². The normalized spacial score (nSPS) is 12.4. The van der Waals surface area contributed by atoms with Crippen LogP contribution in [0.5, 0.6) is 0 Å².